The molecule has 7 heteroatoms. The van der Waals surface area contributed by atoms with Gasteiger partial charge in [0, 0.05) is 15.6 Å². The van der Waals surface area contributed by atoms with E-state index in [-0.39, 0.29) is 21.1 Å². The third-order valence-corrected chi connectivity index (χ3v) is 3.31. The standard InChI is InChI=1S/C7H4ClNO3S2/c8-14(11,12)7-4(3-9)1-5(10)2-6(7)13/h1-2,10,13H. The molecule has 1 rings (SSSR count). The fraction of sp³-hybridized carbons (Fsp3) is 0. The van der Waals surface area contributed by atoms with E-state index in [4.69, 9.17) is 21.1 Å². The maximum absolute atomic E-state index is 11.0. The van der Waals surface area contributed by atoms with Crippen molar-refractivity contribution in [2.24, 2.45) is 0 Å². The quantitative estimate of drug-likeness (QED) is 0.584. The van der Waals surface area contributed by atoms with Gasteiger partial charge in [0.15, 0.2) is 0 Å². The Balaban J connectivity index is 3.68. The Bertz CT molecular complexity index is 518. The smallest absolute Gasteiger partial charge is 0.263 e. The lowest BCUT2D eigenvalue weighted by atomic mass is 10.2. The second kappa shape index (κ2) is 3.69. The fourth-order valence-electron chi connectivity index (χ4n) is 0.938. The van der Waals surface area contributed by atoms with E-state index in [1.54, 1.807) is 6.07 Å². The van der Waals surface area contributed by atoms with Crippen LogP contribution in [0.4, 0.5) is 0 Å². The summed E-state index contributed by atoms with van der Waals surface area (Å²) in [5.41, 5.74) is -0.231. The first-order chi connectivity index (χ1) is 6.36. The average molecular weight is 250 g/mol. The topological polar surface area (TPSA) is 78.2 Å². The fourth-order valence-corrected chi connectivity index (χ4v) is 2.89. The lowest BCUT2D eigenvalue weighted by molar-refractivity contribution is 0.472. The molecule has 0 aliphatic carbocycles. The highest BCUT2D eigenvalue weighted by molar-refractivity contribution is 8.14. The number of hydrogen-bond donors (Lipinski definition) is 2. The van der Waals surface area contributed by atoms with Crippen LogP contribution in [0.5, 0.6) is 5.75 Å². The minimum absolute atomic E-state index is 0.0587. The van der Waals surface area contributed by atoms with Crippen LogP contribution in [-0.2, 0) is 9.05 Å². The van der Waals surface area contributed by atoms with Crippen molar-refractivity contribution in [3.8, 4) is 11.8 Å². The molecule has 0 aliphatic rings. The third-order valence-electron chi connectivity index (χ3n) is 1.42. The van der Waals surface area contributed by atoms with Crippen LogP contribution >= 0.6 is 23.3 Å². The summed E-state index contributed by atoms with van der Waals surface area (Å²) in [5, 5.41) is 17.7. The van der Waals surface area contributed by atoms with Gasteiger partial charge in [0.2, 0.25) is 0 Å². The van der Waals surface area contributed by atoms with E-state index < -0.39 is 9.05 Å². The predicted octanol–water partition coefficient (Wildman–Crippen LogP) is 1.48. The molecule has 0 aromatic heterocycles. The van der Waals surface area contributed by atoms with Gasteiger partial charge in [-0.15, -0.1) is 12.6 Å². The maximum atomic E-state index is 11.0. The summed E-state index contributed by atoms with van der Waals surface area (Å²) in [4.78, 5) is -0.445. The molecule has 0 amide bonds. The number of aromatic hydroxyl groups is 1. The van der Waals surface area contributed by atoms with Gasteiger partial charge in [-0.05, 0) is 12.1 Å². The van der Waals surface area contributed by atoms with Gasteiger partial charge in [0.25, 0.3) is 9.05 Å². The first-order valence-electron chi connectivity index (χ1n) is 3.27. The molecule has 0 radical (unpaired) electrons. The summed E-state index contributed by atoms with van der Waals surface area (Å²) >= 11 is 3.81. The van der Waals surface area contributed by atoms with Crippen LogP contribution in [0.2, 0.25) is 0 Å². The van der Waals surface area contributed by atoms with Crippen molar-refractivity contribution in [1.29, 1.82) is 5.26 Å². The van der Waals surface area contributed by atoms with Gasteiger partial charge >= 0.3 is 0 Å². The zero-order valence-corrected chi connectivity index (χ0v) is 9.07. The van der Waals surface area contributed by atoms with Crippen LogP contribution in [0, 0.1) is 11.3 Å². The molecule has 0 bridgehead atoms. The van der Waals surface area contributed by atoms with Crippen molar-refractivity contribution in [3.63, 3.8) is 0 Å². The summed E-state index contributed by atoms with van der Waals surface area (Å²) in [5.74, 6) is -0.240. The molecule has 0 heterocycles. The Morgan fingerprint density at radius 3 is 2.50 bits per heavy atom. The SMILES string of the molecule is N#Cc1cc(O)cc(S)c1S(=O)(=O)Cl. The number of thiol groups is 1. The van der Waals surface area contributed by atoms with E-state index in [1.165, 1.54) is 0 Å². The number of rotatable bonds is 1. The molecule has 0 aliphatic heterocycles. The molecular formula is C7H4ClNO3S2. The highest BCUT2D eigenvalue weighted by Gasteiger charge is 2.20. The van der Waals surface area contributed by atoms with Gasteiger partial charge in [-0.2, -0.15) is 5.26 Å². The third kappa shape index (κ3) is 2.12. The molecule has 1 aromatic carbocycles. The highest BCUT2D eigenvalue weighted by atomic mass is 35.7. The van der Waals surface area contributed by atoms with Crippen LogP contribution in [0.1, 0.15) is 5.56 Å². The Morgan fingerprint density at radius 1 is 1.50 bits per heavy atom. The second-order valence-corrected chi connectivity index (χ2v) is 5.38. The molecule has 14 heavy (non-hydrogen) atoms. The Kier molecular flexibility index (Phi) is 2.95. The monoisotopic (exact) mass is 249 g/mol. The number of phenolic OH excluding ortho intramolecular Hbond substituents is 1. The number of nitrogens with zero attached hydrogens (tertiary/aromatic N) is 1. The van der Waals surface area contributed by atoms with Crippen molar-refractivity contribution in [2.45, 2.75) is 9.79 Å². The summed E-state index contributed by atoms with van der Waals surface area (Å²) < 4.78 is 22.1. The molecule has 0 saturated carbocycles. The molecule has 0 atom stereocenters. The highest BCUT2D eigenvalue weighted by Crippen LogP contribution is 2.30. The normalized spacial score (nSPS) is 10.9. The first-order valence-corrected chi connectivity index (χ1v) is 6.02. The van der Waals surface area contributed by atoms with Gasteiger partial charge in [0.05, 0.1) is 5.56 Å². The Morgan fingerprint density at radius 2 is 2.07 bits per heavy atom. The van der Waals surface area contributed by atoms with E-state index in [1.807, 2.05) is 0 Å². The van der Waals surface area contributed by atoms with Crippen LogP contribution in [0.15, 0.2) is 21.9 Å². The molecule has 4 nitrogen and oxygen atoms in total. The van der Waals surface area contributed by atoms with E-state index in [2.05, 4.69) is 12.6 Å². The zero-order chi connectivity index (χ0) is 10.9. The maximum Gasteiger partial charge on any atom is 0.263 e. The lowest BCUT2D eigenvalue weighted by Gasteiger charge is -2.03. The minimum atomic E-state index is -4.03. The molecule has 1 aromatic rings. The minimum Gasteiger partial charge on any atom is -0.508 e. The number of benzene rings is 1. The Labute approximate surface area is 90.6 Å². The largest absolute Gasteiger partial charge is 0.508 e. The van der Waals surface area contributed by atoms with Crippen LogP contribution in [0.3, 0.4) is 0 Å². The zero-order valence-electron chi connectivity index (χ0n) is 6.60. The number of hydrogen-bond acceptors (Lipinski definition) is 5. The molecular weight excluding hydrogens is 246 g/mol. The van der Waals surface area contributed by atoms with E-state index in [9.17, 15) is 8.42 Å². The van der Waals surface area contributed by atoms with Crippen molar-refractivity contribution in [3.05, 3.63) is 17.7 Å². The summed E-state index contributed by atoms with van der Waals surface area (Å²) in [6, 6.07) is 3.72. The van der Waals surface area contributed by atoms with Crippen LogP contribution in [0.25, 0.3) is 0 Å². The molecule has 74 valence electrons. The van der Waals surface area contributed by atoms with Gasteiger partial charge in [-0.3, -0.25) is 0 Å². The number of nitriles is 1. The molecule has 0 fully saturated rings. The number of phenols is 1. The molecule has 0 unspecified atom stereocenters. The van der Waals surface area contributed by atoms with Gasteiger partial charge in [0.1, 0.15) is 16.7 Å². The summed E-state index contributed by atoms with van der Waals surface area (Å²) in [6.07, 6.45) is 0. The van der Waals surface area contributed by atoms with Crippen molar-refractivity contribution >= 4 is 32.4 Å². The number of halogens is 1. The lowest BCUT2D eigenvalue weighted by Crippen LogP contribution is -1.96. The van der Waals surface area contributed by atoms with Crippen LogP contribution < -0.4 is 0 Å². The van der Waals surface area contributed by atoms with Crippen molar-refractivity contribution in [1.82, 2.24) is 0 Å². The summed E-state index contributed by atoms with van der Waals surface area (Å²) in [7, 11) is 1.06. The second-order valence-electron chi connectivity index (χ2n) is 2.39. The molecule has 0 saturated heterocycles. The van der Waals surface area contributed by atoms with E-state index in [0.29, 0.717) is 0 Å². The van der Waals surface area contributed by atoms with Crippen molar-refractivity contribution < 1.29 is 13.5 Å². The van der Waals surface area contributed by atoms with Crippen molar-refractivity contribution in [2.75, 3.05) is 0 Å². The average Bonchev–Trinajstić information content (AvgIpc) is 1.99. The van der Waals surface area contributed by atoms with Gasteiger partial charge in [-0.25, -0.2) is 8.42 Å². The van der Waals surface area contributed by atoms with Gasteiger partial charge < -0.3 is 5.11 Å². The van der Waals surface area contributed by atoms with Gasteiger partial charge in [-0.1, -0.05) is 0 Å². The van der Waals surface area contributed by atoms with Crippen LogP contribution in [-0.4, -0.2) is 13.5 Å². The molecule has 1 N–H and O–H groups in total. The first kappa shape index (κ1) is 11.2. The molecule has 0 spiro atoms. The predicted molar refractivity (Wildman–Crippen MR) is 53.1 cm³/mol. The Hall–Kier alpha value is -0.900. The van der Waals surface area contributed by atoms with E-state index in [0.717, 1.165) is 12.1 Å². The summed E-state index contributed by atoms with van der Waals surface area (Å²) in [6.45, 7) is 0. The van der Waals surface area contributed by atoms with E-state index >= 15 is 0 Å².